The molecule has 4 nitrogen and oxygen atoms in total. The Kier molecular flexibility index (Phi) is 3.89. The van der Waals surface area contributed by atoms with Crippen LogP contribution in [0, 0.1) is 0 Å². The van der Waals surface area contributed by atoms with Gasteiger partial charge in [-0.1, -0.05) is 42.0 Å². The van der Waals surface area contributed by atoms with Crippen molar-refractivity contribution in [2.75, 3.05) is 19.6 Å². The molecule has 1 aromatic heterocycles. The first-order valence-electron chi connectivity index (χ1n) is 7.10. The maximum Gasteiger partial charge on any atom is 0.113 e. The van der Waals surface area contributed by atoms with Crippen molar-refractivity contribution in [2.24, 2.45) is 0 Å². The Hall–Kier alpha value is -1.68. The molecule has 0 amide bonds. The van der Waals surface area contributed by atoms with Crippen LogP contribution in [0.1, 0.15) is 19.3 Å². The topological polar surface area (TPSA) is 34.0 Å². The average Bonchev–Trinajstić information content (AvgIpc) is 2.96. The zero-order chi connectivity index (χ0) is 12.9. The van der Waals surface area contributed by atoms with E-state index in [0.29, 0.717) is 0 Å². The average molecular weight is 256 g/mol. The van der Waals surface area contributed by atoms with Gasteiger partial charge in [0.25, 0.3) is 0 Å². The van der Waals surface area contributed by atoms with Gasteiger partial charge in [-0.25, -0.2) is 0 Å². The Morgan fingerprint density at radius 2 is 1.74 bits per heavy atom. The van der Waals surface area contributed by atoms with Crippen LogP contribution >= 0.6 is 0 Å². The van der Waals surface area contributed by atoms with Crippen LogP contribution in [0.5, 0.6) is 0 Å². The standard InChI is InChI=1S/C15H20N4/c1-3-7-14(8-4-1)15-13-19(17-16-15)12-11-18-9-5-2-6-10-18/h1,3-4,7-8,13H,2,5-6,9-12H2. The van der Waals surface area contributed by atoms with E-state index < -0.39 is 0 Å². The third-order valence-electron chi connectivity index (χ3n) is 3.70. The van der Waals surface area contributed by atoms with Gasteiger partial charge in [0.1, 0.15) is 5.69 Å². The molecule has 1 aromatic carbocycles. The van der Waals surface area contributed by atoms with Crippen LogP contribution in [0.25, 0.3) is 11.3 Å². The largest absolute Gasteiger partial charge is 0.301 e. The molecule has 1 saturated heterocycles. The highest BCUT2D eigenvalue weighted by Gasteiger charge is 2.10. The Morgan fingerprint density at radius 1 is 0.947 bits per heavy atom. The molecular weight excluding hydrogens is 236 g/mol. The number of piperidine rings is 1. The molecule has 0 bridgehead atoms. The summed E-state index contributed by atoms with van der Waals surface area (Å²) in [6.07, 6.45) is 6.11. The van der Waals surface area contributed by atoms with Crippen molar-refractivity contribution in [1.29, 1.82) is 0 Å². The molecule has 1 fully saturated rings. The van der Waals surface area contributed by atoms with Crippen molar-refractivity contribution in [2.45, 2.75) is 25.8 Å². The molecule has 0 atom stereocenters. The molecular formula is C15H20N4. The zero-order valence-corrected chi connectivity index (χ0v) is 11.2. The fourth-order valence-corrected chi connectivity index (χ4v) is 2.58. The summed E-state index contributed by atoms with van der Waals surface area (Å²) in [4.78, 5) is 2.52. The molecule has 1 aliphatic heterocycles. The van der Waals surface area contributed by atoms with Crippen molar-refractivity contribution in [3.8, 4) is 11.3 Å². The Bertz CT molecular complexity index is 500. The first-order chi connectivity index (χ1) is 9.42. The molecule has 2 aromatic rings. The van der Waals surface area contributed by atoms with Crippen LogP contribution in [-0.4, -0.2) is 39.5 Å². The normalized spacial score (nSPS) is 16.6. The molecule has 4 heteroatoms. The van der Waals surface area contributed by atoms with Gasteiger partial charge < -0.3 is 4.90 Å². The maximum absolute atomic E-state index is 4.24. The SMILES string of the molecule is c1ccc(-c2cn(CCN3CCCCC3)nn2)cc1. The van der Waals surface area contributed by atoms with Gasteiger partial charge >= 0.3 is 0 Å². The van der Waals surface area contributed by atoms with E-state index in [0.717, 1.165) is 24.3 Å². The van der Waals surface area contributed by atoms with E-state index >= 15 is 0 Å². The highest BCUT2D eigenvalue weighted by molar-refractivity contribution is 5.56. The molecule has 2 heterocycles. The maximum atomic E-state index is 4.24. The van der Waals surface area contributed by atoms with Crippen LogP contribution in [0.4, 0.5) is 0 Å². The van der Waals surface area contributed by atoms with E-state index in [1.54, 1.807) is 0 Å². The van der Waals surface area contributed by atoms with Crippen LogP contribution in [0.2, 0.25) is 0 Å². The van der Waals surface area contributed by atoms with E-state index in [1.807, 2.05) is 29.1 Å². The van der Waals surface area contributed by atoms with Crippen LogP contribution in [0.15, 0.2) is 36.5 Å². The van der Waals surface area contributed by atoms with Gasteiger partial charge in [0, 0.05) is 12.1 Å². The van der Waals surface area contributed by atoms with Crippen molar-refractivity contribution < 1.29 is 0 Å². The number of hydrogen-bond acceptors (Lipinski definition) is 3. The van der Waals surface area contributed by atoms with E-state index in [2.05, 4.69) is 27.3 Å². The van der Waals surface area contributed by atoms with Gasteiger partial charge in [0.15, 0.2) is 0 Å². The second-order valence-corrected chi connectivity index (χ2v) is 5.14. The highest BCUT2D eigenvalue weighted by atomic mass is 15.4. The fraction of sp³-hybridized carbons (Fsp3) is 0.467. The molecule has 100 valence electrons. The number of aromatic nitrogens is 3. The van der Waals surface area contributed by atoms with Crippen molar-refractivity contribution in [1.82, 2.24) is 19.9 Å². The van der Waals surface area contributed by atoms with Crippen molar-refractivity contribution in [3.63, 3.8) is 0 Å². The van der Waals surface area contributed by atoms with E-state index in [1.165, 1.54) is 32.4 Å². The summed E-state index contributed by atoms with van der Waals surface area (Å²) in [5.74, 6) is 0. The van der Waals surface area contributed by atoms with Gasteiger partial charge in [-0.15, -0.1) is 5.10 Å². The first-order valence-corrected chi connectivity index (χ1v) is 7.10. The minimum Gasteiger partial charge on any atom is -0.301 e. The molecule has 1 aliphatic rings. The monoisotopic (exact) mass is 256 g/mol. The lowest BCUT2D eigenvalue weighted by Gasteiger charge is -2.25. The van der Waals surface area contributed by atoms with E-state index in [9.17, 15) is 0 Å². The zero-order valence-electron chi connectivity index (χ0n) is 11.2. The molecule has 0 saturated carbocycles. The second kappa shape index (κ2) is 5.97. The Labute approximate surface area is 114 Å². The van der Waals surface area contributed by atoms with E-state index in [4.69, 9.17) is 0 Å². The number of rotatable bonds is 4. The quantitative estimate of drug-likeness (QED) is 0.842. The summed E-state index contributed by atoms with van der Waals surface area (Å²) in [5, 5.41) is 8.46. The molecule has 0 N–H and O–H groups in total. The molecule has 19 heavy (non-hydrogen) atoms. The van der Waals surface area contributed by atoms with E-state index in [-0.39, 0.29) is 0 Å². The first kappa shape index (κ1) is 12.4. The summed E-state index contributed by atoms with van der Waals surface area (Å²) < 4.78 is 1.96. The minimum absolute atomic E-state index is 0.930. The van der Waals surface area contributed by atoms with Crippen molar-refractivity contribution >= 4 is 0 Å². The van der Waals surface area contributed by atoms with Gasteiger partial charge in [0.2, 0.25) is 0 Å². The Morgan fingerprint density at radius 3 is 2.53 bits per heavy atom. The lowest BCUT2D eigenvalue weighted by atomic mass is 10.1. The van der Waals surface area contributed by atoms with Crippen LogP contribution in [-0.2, 0) is 6.54 Å². The summed E-state index contributed by atoms with van der Waals surface area (Å²) in [7, 11) is 0. The highest BCUT2D eigenvalue weighted by Crippen LogP contribution is 2.15. The molecule has 0 radical (unpaired) electrons. The van der Waals surface area contributed by atoms with Crippen molar-refractivity contribution in [3.05, 3.63) is 36.5 Å². The number of benzene rings is 1. The van der Waals surface area contributed by atoms with Crippen LogP contribution < -0.4 is 0 Å². The molecule has 0 unspecified atom stereocenters. The Balaban J connectivity index is 1.59. The second-order valence-electron chi connectivity index (χ2n) is 5.14. The number of likely N-dealkylation sites (tertiary alicyclic amines) is 1. The van der Waals surface area contributed by atoms with Gasteiger partial charge in [-0.05, 0) is 25.9 Å². The number of hydrogen-bond donors (Lipinski definition) is 0. The smallest absolute Gasteiger partial charge is 0.113 e. The summed E-state index contributed by atoms with van der Waals surface area (Å²) in [6.45, 7) is 4.48. The van der Waals surface area contributed by atoms with Gasteiger partial charge in [-0.3, -0.25) is 4.68 Å². The molecule has 3 rings (SSSR count). The summed E-state index contributed by atoms with van der Waals surface area (Å²) in [6, 6.07) is 10.2. The lowest BCUT2D eigenvalue weighted by Crippen LogP contribution is -2.32. The summed E-state index contributed by atoms with van der Waals surface area (Å²) >= 11 is 0. The van der Waals surface area contributed by atoms with Crippen LogP contribution in [0.3, 0.4) is 0 Å². The third kappa shape index (κ3) is 3.20. The number of nitrogens with zero attached hydrogens (tertiary/aromatic N) is 4. The molecule has 0 aliphatic carbocycles. The fourth-order valence-electron chi connectivity index (χ4n) is 2.58. The summed E-state index contributed by atoms with van der Waals surface area (Å²) in [5.41, 5.74) is 2.09. The third-order valence-corrected chi connectivity index (χ3v) is 3.70. The minimum atomic E-state index is 0.930. The molecule has 0 spiro atoms. The predicted octanol–water partition coefficient (Wildman–Crippen LogP) is 2.43. The van der Waals surface area contributed by atoms with Gasteiger partial charge in [0.05, 0.1) is 12.7 Å². The van der Waals surface area contributed by atoms with Gasteiger partial charge in [-0.2, -0.15) is 0 Å². The lowest BCUT2D eigenvalue weighted by molar-refractivity contribution is 0.217. The predicted molar refractivity (Wildman–Crippen MR) is 75.7 cm³/mol.